The number of aryl methyl sites for hydroxylation is 1. The average molecular weight is 452 g/mol. The maximum absolute atomic E-state index is 14.6. The van der Waals surface area contributed by atoms with Crippen LogP contribution < -0.4 is 5.32 Å². The zero-order valence-corrected chi connectivity index (χ0v) is 19.0. The smallest absolute Gasteiger partial charge is 0.310 e. The fourth-order valence-corrected chi connectivity index (χ4v) is 3.96. The summed E-state index contributed by atoms with van der Waals surface area (Å²) in [6.45, 7) is 8.12. The molecule has 33 heavy (non-hydrogen) atoms. The third kappa shape index (κ3) is 5.38. The summed E-state index contributed by atoms with van der Waals surface area (Å²) in [6.07, 6.45) is 4.10. The minimum Gasteiger partial charge on any atom is -0.310 e. The summed E-state index contributed by atoms with van der Waals surface area (Å²) in [4.78, 5) is 33.6. The number of halogens is 1. The number of amides is 1. The Balaban J connectivity index is 0.000000968. The van der Waals surface area contributed by atoms with Gasteiger partial charge in [-0.1, -0.05) is 19.4 Å². The predicted octanol–water partition coefficient (Wildman–Crippen LogP) is 4.55. The van der Waals surface area contributed by atoms with Gasteiger partial charge in [0.1, 0.15) is 23.7 Å². The lowest BCUT2D eigenvalue weighted by atomic mass is 9.98. The van der Waals surface area contributed by atoms with Crippen molar-refractivity contribution in [3.05, 3.63) is 59.2 Å². The van der Waals surface area contributed by atoms with Crippen LogP contribution in [0.2, 0.25) is 0 Å². The van der Waals surface area contributed by atoms with E-state index < -0.39 is 11.7 Å². The standard InChI is InChI=1S/C23H26FN5O.CO2/c1-5-15-10-17(15)16-11-18(19(24)9-14(16)4)23(30)27-21-8-6-7-20(26-21)22-28-25-12-29(22)13(2)3;2-1-3/h6-9,11-13,15,17H,5,10H2,1-4H3,(H,26,27,30);. The minimum absolute atomic E-state index is 0.0508. The summed E-state index contributed by atoms with van der Waals surface area (Å²) in [5.74, 6) is 0.989. The van der Waals surface area contributed by atoms with E-state index in [1.54, 1.807) is 30.6 Å². The van der Waals surface area contributed by atoms with Gasteiger partial charge in [0.2, 0.25) is 0 Å². The van der Waals surface area contributed by atoms with Crippen LogP contribution in [0.3, 0.4) is 0 Å². The van der Waals surface area contributed by atoms with Gasteiger partial charge < -0.3 is 9.88 Å². The Morgan fingerprint density at radius 1 is 1.30 bits per heavy atom. The van der Waals surface area contributed by atoms with Crippen molar-refractivity contribution in [2.75, 3.05) is 5.32 Å². The van der Waals surface area contributed by atoms with Crippen LogP contribution in [0.5, 0.6) is 0 Å². The maximum Gasteiger partial charge on any atom is 0.373 e. The van der Waals surface area contributed by atoms with Crippen LogP contribution in [-0.4, -0.2) is 31.8 Å². The Morgan fingerprint density at radius 2 is 2.03 bits per heavy atom. The van der Waals surface area contributed by atoms with E-state index in [-0.39, 0.29) is 17.8 Å². The lowest BCUT2D eigenvalue weighted by Gasteiger charge is -2.12. The van der Waals surface area contributed by atoms with E-state index in [9.17, 15) is 9.18 Å². The Kier molecular flexibility index (Phi) is 7.45. The number of nitrogens with one attached hydrogen (secondary N) is 1. The van der Waals surface area contributed by atoms with Crippen LogP contribution >= 0.6 is 0 Å². The van der Waals surface area contributed by atoms with Crippen LogP contribution in [0.1, 0.15) is 67.1 Å². The number of hydrogen-bond donors (Lipinski definition) is 1. The molecule has 1 aliphatic carbocycles. The van der Waals surface area contributed by atoms with Gasteiger partial charge in [-0.2, -0.15) is 9.59 Å². The van der Waals surface area contributed by atoms with E-state index in [4.69, 9.17) is 9.59 Å². The molecule has 1 N–H and O–H groups in total. The Bertz CT molecular complexity index is 1180. The lowest BCUT2D eigenvalue weighted by molar-refractivity contribution is -0.191. The molecule has 2 unspecified atom stereocenters. The number of aromatic nitrogens is 4. The zero-order valence-electron chi connectivity index (χ0n) is 19.0. The summed E-state index contributed by atoms with van der Waals surface area (Å²) in [6, 6.07) is 8.61. The van der Waals surface area contributed by atoms with Crippen molar-refractivity contribution in [1.82, 2.24) is 19.7 Å². The highest BCUT2D eigenvalue weighted by Crippen LogP contribution is 2.50. The van der Waals surface area contributed by atoms with Gasteiger partial charge in [0.25, 0.3) is 5.91 Å². The quantitative estimate of drug-likeness (QED) is 0.589. The largest absolute Gasteiger partial charge is 0.373 e. The average Bonchev–Trinajstić information content (AvgIpc) is 3.37. The summed E-state index contributed by atoms with van der Waals surface area (Å²) in [7, 11) is 0. The molecule has 8 nitrogen and oxygen atoms in total. The molecule has 0 radical (unpaired) electrons. The molecule has 2 aromatic heterocycles. The predicted molar refractivity (Wildman–Crippen MR) is 119 cm³/mol. The first-order valence-electron chi connectivity index (χ1n) is 10.8. The molecule has 1 aromatic carbocycles. The topological polar surface area (TPSA) is 107 Å². The van der Waals surface area contributed by atoms with E-state index in [0.29, 0.717) is 29.2 Å². The van der Waals surface area contributed by atoms with Gasteiger partial charge >= 0.3 is 6.15 Å². The molecule has 2 atom stereocenters. The number of carbonyl (C=O) groups excluding carboxylic acids is 3. The summed E-state index contributed by atoms with van der Waals surface area (Å²) in [5, 5.41) is 10.8. The SMILES string of the molecule is CCC1CC1c1cc(C(=O)Nc2cccc(-c3nncn3C(C)C)n2)c(F)cc1C.O=C=O. The normalized spacial score (nSPS) is 16.5. The molecule has 9 heteroatoms. The molecule has 0 aliphatic heterocycles. The van der Waals surface area contributed by atoms with Crippen LogP contribution in [0.15, 0.2) is 36.7 Å². The van der Waals surface area contributed by atoms with E-state index >= 15 is 0 Å². The number of pyridine rings is 1. The van der Waals surface area contributed by atoms with Crippen LogP contribution in [0.25, 0.3) is 11.5 Å². The first kappa shape index (κ1) is 23.9. The van der Waals surface area contributed by atoms with Crippen molar-refractivity contribution in [1.29, 1.82) is 0 Å². The molecule has 0 saturated heterocycles. The van der Waals surface area contributed by atoms with Gasteiger partial charge in [-0.15, -0.1) is 10.2 Å². The Morgan fingerprint density at radius 3 is 2.67 bits per heavy atom. The van der Waals surface area contributed by atoms with E-state index in [1.807, 2.05) is 25.3 Å². The molecule has 1 saturated carbocycles. The highest BCUT2D eigenvalue weighted by Gasteiger charge is 2.38. The van der Waals surface area contributed by atoms with Crippen molar-refractivity contribution in [3.63, 3.8) is 0 Å². The van der Waals surface area contributed by atoms with Crippen LogP contribution in [0.4, 0.5) is 10.2 Å². The summed E-state index contributed by atoms with van der Waals surface area (Å²) in [5.41, 5.74) is 2.61. The molecular formula is C24H26FN5O3. The minimum atomic E-state index is -0.516. The molecule has 1 amide bonds. The molecule has 172 valence electrons. The number of rotatable bonds is 6. The van der Waals surface area contributed by atoms with Crippen molar-refractivity contribution in [2.45, 2.75) is 52.5 Å². The second-order valence-corrected chi connectivity index (χ2v) is 8.30. The first-order chi connectivity index (χ1) is 15.8. The number of benzene rings is 1. The Labute approximate surface area is 191 Å². The molecule has 1 aliphatic rings. The molecule has 1 fully saturated rings. The molecule has 4 rings (SSSR count). The third-order valence-corrected chi connectivity index (χ3v) is 5.80. The second-order valence-electron chi connectivity index (χ2n) is 8.30. The van der Waals surface area contributed by atoms with Crippen molar-refractivity contribution >= 4 is 17.9 Å². The number of carbonyl (C=O) groups is 1. The number of anilines is 1. The van der Waals surface area contributed by atoms with Gasteiger partial charge in [-0.05, 0) is 74.4 Å². The van der Waals surface area contributed by atoms with Gasteiger partial charge in [-0.3, -0.25) is 4.79 Å². The van der Waals surface area contributed by atoms with E-state index in [1.165, 1.54) is 6.07 Å². The number of hydrogen-bond acceptors (Lipinski definition) is 6. The van der Waals surface area contributed by atoms with E-state index in [2.05, 4.69) is 27.4 Å². The van der Waals surface area contributed by atoms with Gasteiger partial charge in [0.05, 0.1) is 5.56 Å². The lowest BCUT2D eigenvalue weighted by Crippen LogP contribution is -2.16. The van der Waals surface area contributed by atoms with Crippen molar-refractivity contribution in [3.8, 4) is 11.5 Å². The van der Waals surface area contributed by atoms with Crippen molar-refractivity contribution < 1.29 is 18.8 Å². The van der Waals surface area contributed by atoms with Gasteiger partial charge in [0, 0.05) is 6.04 Å². The van der Waals surface area contributed by atoms with Crippen LogP contribution in [0, 0.1) is 18.7 Å². The Hall–Kier alpha value is -3.71. The molecule has 0 bridgehead atoms. The van der Waals surface area contributed by atoms with Crippen LogP contribution in [-0.2, 0) is 9.59 Å². The fraction of sp³-hybridized carbons (Fsp3) is 0.375. The fourth-order valence-electron chi connectivity index (χ4n) is 3.96. The molecule has 0 spiro atoms. The van der Waals surface area contributed by atoms with E-state index in [0.717, 1.165) is 24.0 Å². The summed E-state index contributed by atoms with van der Waals surface area (Å²) >= 11 is 0. The summed E-state index contributed by atoms with van der Waals surface area (Å²) < 4.78 is 16.5. The maximum atomic E-state index is 14.6. The second kappa shape index (κ2) is 10.3. The first-order valence-corrected chi connectivity index (χ1v) is 10.8. The molecule has 3 aromatic rings. The monoisotopic (exact) mass is 451 g/mol. The zero-order chi connectivity index (χ0) is 24.1. The third-order valence-electron chi connectivity index (χ3n) is 5.80. The molecular weight excluding hydrogens is 425 g/mol. The van der Waals surface area contributed by atoms with Gasteiger partial charge in [-0.25, -0.2) is 9.37 Å². The highest BCUT2D eigenvalue weighted by atomic mass is 19.1. The highest BCUT2D eigenvalue weighted by molar-refractivity contribution is 6.04. The number of nitrogens with zero attached hydrogens (tertiary/aromatic N) is 4. The van der Waals surface area contributed by atoms with Gasteiger partial charge in [0.15, 0.2) is 5.82 Å². The van der Waals surface area contributed by atoms with Crippen molar-refractivity contribution in [2.24, 2.45) is 5.92 Å². The molecule has 2 heterocycles.